The van der Waals surface area contributed by atoms with Crippen molar-refractivity contribution in [3.63, 3.8) is 0 Å². The van der Waals surface area contributed by atoms with Gasteiger partial charge in [0.05, 0.1) is 11.6 Å². The average molecular weight is 496 g/mol. The van der Waals surface area contributed by atoms with Crippen LogP contribution in [0.25, 0.3) is 0 Å². The fraction of sp³-hybridized carbons (Fsp3) is 0.600. The first-order chi connectivity index (χ1) is 15.6. The summed E-state index contributed by atoms with van der Waals surface area (Å²) in [5.74, 6) is -3.03. The molecule has 34 heavy (non-hydrogen) atoms. The molecular weight excluding hydrogens is 474 g/mol. The number of halogens is 6. The van der Waals surface area contributed by atoms with Gasteiger partial charge in [-0.05, 0) is 42.7 Å². The zero-order valence-electron chi connectivity index (χ0n) is 17.8. The molecule has 0 atom stereocenters. The molecular formula is C20H22F6N4O4. The molecule has 1 heterocycles. The van der Waals surface area contributed by atoms with Gasteiger partial charge in [-0.1, -0.05) is 18.2 Å². The van der Waals surface area contributed by atoms with Crippen molar-refractivity contribution >= 4 is 11.9 Å². The molecule has 0 aromatic heterocycles. The third-order valence-corrected chi connectivity index (χ3v) is 6.21. The molecule has 0 saturated heterocycles. The molecule has 1 amide bonds. The number of nitrogens with zero attached hydrogens (tertiary/aromatic N) is 2. The van der Waals surface area contributed by atoms with E-state index in [2.05, 4.69) is 15.5 Å². The molecule has 1 spiro atoms. The first-order valence-electron chi connectivity index (χ1n) is 10.1. The number of hydrogen-bond donors (Lipinski definition) is 3. The number of methoxy groups -OCH3 is 1. The van der Waals surface area contributed by atoms with E-state index in [0.29, 0.717) is 18.4 Å². The van der Waals surface area contributed by atoms with Crippen LogP contribution in [-0.4, -0.2) is 48.1 Å². The van der Waals surface area contributed by atoms with Gasteiger partial charge >= 0.3 is 24.0 Å². The smallest absolute Gasteiger partial charge is 0.475 e. The van der Waals surface area contributed by atoms with Gasteiger partial charge in [0.15, 0.2) is 0 Å². The molecule has 3 aliphatic rings. The number of hydrogen-bond acceptors (Lipinski definition) is 6. The molecule has 1 aliphatic heterocycles. The molecule has 2 fully saturated rings. The van der Waals surface area contributed by atoms with Crippen LogP contribution in [-0.2, 0) is 26.5 Å². The highest BCUT2D eigenvalue weighted by Gasteiger charge is 2.65. The van der Waals surface area contributed by atoms with Crippen LogP contribution in [0.5, 0.6) is 0 Å². The second kappa shape index (κ2) is 8.48. The van der Waals surface area contributed by atoms with Crippen molar-refractivity contribution in [3.8, 4) is 0 Å². The fourth-order valence-corrected chi connectivity index (χ4v) is 4.51. The number of aliphatic carboxylic acids is 1. The van der Waals surface area contributed by atoms with Crippen molar-refractivity contribution in [2.45, 2.75) is 61.9 Å². The van der Waals surface area contributed by atoms with Crippen molar-refractivity contribution in [2.24, 2.45) is 21.4 Å². The Morgan fingerprint density at radius 3 is 2.18 bits per heavy atom. The molecule has 4 rings (SSSR count). The minimum Gasteiger partial charge on any atom is -0.475 e. The summed E-state index contributed by atoms with van der Waals surface area (Å²) < 4.78 is 76.4. The number of benzene rings is 1. The number of carbonyl (C=O) groups is 2. The topological polar surface area (TPSA) is 126 Å². The highest BCUT2D eigenvalue weighted by Crippen LogP contribution is 2.60. The molecule has 2 aliphatic carbocycles. The lowest BCUT2D eigenvalue weighted by atomic mass is 9.47. The van der Waals surface area contributed by atoms with Gasteiger partial charge in [0.25, 0.3) is 0 Å². The maximum atomic E-state index is 13.1. The Bertz CT molecular complexity index is 974. The minimum absolute atomic E-state index is 0.0492. The first kappa shape index (κ1) is 25.9. The van der Waals surface area contributed by atoms with Crippen LogP contribution in [0, 0.1) is 5.41 Å². The summed E-state index contributed by atoms with van der Waals surface area (Å²) in [6, 6.07) is 5.86. The van der Waals surface area contributed by atoms with E-state index in [0.717, 1.165) is 12.8 Å². The van der Waals surface area contributed by atoms with Gasteiger partial charge in [-0.3, -0.25) is 4.79 Å². The molecule has 0 radical (unpaired) electrons. The van der Waals surface area contributed by atoms with E-state index < -0.39 is 29.5 Å². The van der Waals surface area contributed by atoms with E-state index in [1.165, 1.54) is 18.2 Å². The highest BCUT2D eigenvalue weighted by atomic mass is 19.4. The molecule has 1 aromatic carbocycles. The Morgan fingerprint density at radius 1 is 1.18 bits per heavy atom. The largest absolute Gasteiger partial charge is 0.490 e. The molecule has 0 bridgehead atoms. The van der Waals surface area contributed by atoms with E-state index in [4.69, 9.17) is 20.4 Å². The van der Waals surface area contributed by atoms with Crippen molar-refractivity contribution in [1.29, 1.82) is 0 Å². The van der Waals surface area contributed by atoms with Crippen LogP contribution in [0.4, 0.5) is 26.3 Å². The first-order valence-corrected chi connectivity index (χ1v) is 10.1. The SMILES string of the molecule is COC1CC2(C1)CC(N)(C(=O)NCc1cccc(C3(C(F)(F)F)N=N3)c1)C2.O=C(O)C(F)(F)F. The van der Waals surface area contributed by atoms with E-state index >= 15 is 0 Å². The fourth-order valence-electron chi connectivity index (χ4n) is 4.51. The van der Waals surface area contributed by atoms with Gasteiger partial charge in [0.1, 0.15) is 0 Å². The van der Waals surface area contributed by atoms with E-state index in [-0.39, 0.29) is 29.5 Å². The van der Waals surface area contributed by atoms with Crippen LogP contribution in [0.1, 0.15) is 36.8 Å². The standard InChI is InChI=1S/C18H21F3N4O2.C2HF3O2/c1-27-13-6-15(7-13)9-16(22,10-15)14(26)23-8-11-3-2-4-12(5-11)17(24-25-17)18(19,20)21;3-2(4,5)1(6)7/h2-5,13H,6-10,22H2,1H3,(H,23,26);(H,6,7). The summed E-state index contributed by atoms with van der Waals surface area (Å²) in [4.78, 5) is 21.4. The van der Waals surface area contributed by atoms with Gasteiger partial charge in [-0.2, -0.15) is 26.3 Å². The Morgan fingerprint density at radius 2 is 1.74 bits per heavy atom. The number of alkyl halides is 6. The maximum absolute atomic E-state index is 13.1. The number of rotatable bonds is 5. The van der Waals surface area contributed by atoms with Crippen molar-refractivity contribution in [2.75, 3.05) is 7.11 Å². The van der Waals surface area contributed by atoms with Crippen molar-refractivity contribution in [3.05, 3.63) is 35.4 Å². The molecule has 188 valence electrons. The number of nitrogens with two attached hydrogens (primary N) is 1. The molecule has 1 aromatic rings. The third-order valence-electron chi connectivity index (χ3n) is 6.21. The lowest BCUT2D eigenvalue weighted by Crippen LogP contribution is -2.69. The Balaban J connectivity index is 0.000000406. The number of amides is 1. The zero-order valence-corrected chi connectivity index (χ0v) is 17.8. The van der Waals surface area contributed by atoms with Crippen LogP contribution in [0.2, 0.25) is 0 Å². The summed E-state index contributed by atoms with van der Waals surface area (Å²) in [6.45, 7) is 0.104. The van der Waals surface area contributed by atoms with Gasteiger partial charge in [-0.15, -0.1) is 10.2 Å². The monoisotopic (exact) mass is 496 g/mol. The highest BCUT2D eigenvalue weighted by molar-refractivity contribution is 5.87. The van der Waals surface area contributed by atoms with Crippen molar-refractivity contribution < 1.29 is 45.8 Å². The van der Waals surface area contributed by atoms with Gasteiger partial charge < -0.3 is 20.9 Å². The zero-order chi connectivity index (χ0) is 25.6. The van der Waals surface area contributed by atoms with Gasteiger partial charge in [0.2, 0.25) is 5.91 Å². The summed E-state index contributed by atoms with van der Waals surface area (Å²) >= 11 is 0. The minimum atomic E-state index is -5.08. The van der Waals surface area contributed by atoms with Gasteiger partial charge in [-0.25, -0.2) is 4.79 Å². The van der Waals surface area contributed by atoms with Gasteiger partial charge in [0, 0.05) is 19.2 Å². The quantitative estimate of drug-likeness (QED) is 0.539. The van der Waals surface area contributed by atoms with E-state index in [1.54, 1.807) is 13.2 Å². The summed E-state index contributed by atoms with van der Waals surface area (Å²) in [7, 11) is 1.68. The summed E-state index contributed by atoms with van der Waals surface area (Å²) in [6.07, 6.45) is -6.34. The lowest BCUT2D eigenvalue weighted by Gasteiger charge is -2.60. The predicted molar refractivity (Wildman–Crippen MR) is 103 cm³/mol. The predicted octanol–water partition coefficient (Wildman–Crippen LogP) is 3.40. The molecule has 0 unspecified atom stereocenters. The van der Waals surface area contributed by atoms with Crippen LogP contribution in [0.3, 0.4) is 0 Å². The number of carboxylic acids is 1. The molecule has 2 saturated carbocycles. The second-order valence-corrected chi connectivity index (χ2v) is 8.83. The Hall–Kier alpha value is -2.74. The number of carbonyl (C=O) groups excluding carboxylic acids is 1. The number of carboxylic acid groups (broad SMARTS) is 1. The summed E-state index contributed by atoms with van der Waals surface area (Å²) in [5, 5.41) is 16.3. The number of ether oxygens (including phenoxy) is 1. The lowest BCUT2D eigenvalue weighted by molar-refractivity contribution is -0.192. The molecule has 8 nitrogen and oxygen atoms in total. The van der Waals surface area contributed by atoms with Crippen LogP contribution in [0.15, 0.2) is 34.5 Å². The second-order valence-electron chi connectivity index (χ2n) is 8.83. The average Bonchev–Trinajstić information content (AvgIpc) is 3.50. The molecule has 4 N–H and O–H groups in total. The van der Waals surface area contributed by atoms with Crippen LogP contribution >= 0.6 is 0 Å². The Kier molecular flexibility index (Phi) is 6.46. The van der Waals surface area contributed by atoms with E-state index in [9.17, 15) is 31.1 Å². The third kappa shape index (κ3) is 5.02. The van der Waals surface area contributed by atoms with E-state index in [1.807, 2.05) is 0 Å². The van der Waals surface area contributed by atoms with Crippen molar-refractivity contribution in [1.82, 2.24) is 5.32 Å². The number of nitrogens with one attached hydrogen (secondary N) is 1. The Labute approximate surface area is 189 Å². The summed E-state index contributed by atoms with van der Waals surface area (Å²) in [5.41, 5.74) is 3.46. The van der Waals surface area contributed by atoms with Crippen LogP contribution < -0.4 is 11.1 Å². The molecule has 14 heteroatoms. The normalized spacial score (nSPS) is 28.8. The maximum Gasteiger partial charge on any atom is 0.490 e.